The molecule has 1 fully saturated rings. The Morgan fingerprint density at radius 2 is 1.95 bits per heavy atom. The van der Waals surface area contributed by atoms with E-state index >= 15 is 0 Å². The van der Waals surface area contributed by atoms with Gasteiger partial charge < -0.3 is 9.88 Å². The predicted molar refractivity (Wildman–Crippen MR) is 86.1 cm³/mol. The minimum absolute atomic E-state index is 0.500. The van der Waals surface area contributed by atoms with Gasteiger partial charge >= 0.3 is 0 Å². The molecule has 1 unspecified atom stereocenters. The highest BCUT2D eigenvalue weighted by atomic mass is 15.2. The van der Waals surface area contributed by atoms with E-state index in [9.17, 15) is 0 Å². The summed E-state index contributed by atoms with van der Waals surface area (Å²) >= 11 is 0. The molecule has 1 heterocycles. The lowest BCUT2D eigenvalue weighted by molar-refractivity contribution is 0.328. The van der Waals surface area contributed by atoms with Crippen LogP contribution in [0.3, 0.4) is 0 Å². The van der Waals surface area contributed by atoms with Gasteiger partial charge in [-0.2, -0.15) is 0 Å². The van der Waals surface area contributed by atoms with E-state index < -0.39 is 0 Å². The normalized spacial score (nSPS) is 17.6. The molecule has 0 spiro atoms. The fourth-order valence-electron chi connectivity index (χ4n) is 3.33. The van der Waals surface area contributed by atoms with Gasteiger partial charge in [-0.25, -0.2) is 0 Å². The second-order valence-corrected chi connectivity index (χ2v) is 6.14. The van der Waals surface area contributed by atoms with E-state index in [0.717, 1.165) is 23.0 Å². The van der Waals surface area contributed by atoms with Crippen LogP contribution in [0.1, 0.15) is 39.0 Å². The third-order valence-corrected chi connectivity index (χ3v) is 4.62. The minimum Gasteiger partial charge on any atom is -0.382 e. The van der Waals surface area contributed by atoms with Crippen LogP contribution in [0.2, 0.25) is 0 Å². The molecule has 0 bridgehead atoms. The predicted octanol–water partition coefficient (Wildman–Crippen LogP) is 3.86. The van der Waals surface area contributed by atoms with E-state index in [1.165, 1.54) is 32.1 Å². The molecule has 1 aliphatic carbocycles. The molecule has 4 heteroatoms. The number of anilines is 1. The third kappa shape index (κ3) is 3.09. The first kappa shape index (κ1) is 14.1. The van der Waals surface area contributed by atoms with Crippen molar-refractivity contribution in [3.8, 4) is 11.4 Å². The average Bonchev–Trinajstić information content (AvgIpc) is 2.95. The maximum Gasteiger partial charge on any atom is 0.165 e. The quantitative estimate of drug-likeness (QED) is 0.927. The molecule has 2 aromatic rings. The van der Waals surface area contributed by atoms with Gasteiger partial charge in [0.05, 0.1) is 0 Å². The number of rotatable bonds is 4. The molecule has 3 rings (SSSR count). The van der Waals surface area contributed by atoms with Crippen LogP contribution in [-0.2, 0) is 7.05 Å². The first-order valence-corrected chi connectivity index (χ1v) is 7.95. The summed E-state index contributed by atoms with van der Waals surface area (Å²) in [5.74, 6) is 1.69. The Morgan fingerprint density at radius 1 is 1.19 bits per heavy atom. The summed E-state index contributed by atoms with van der Waals surface area (Å²) in [4.78, 5) is 0. The lowest BCUT2D eigenvalue weighted by Crippen LogP contribution is -2.27. The summed E-state index contributed by atoms with van der Waals surface area (Å²) in [6, 6.07) is 8.89. The fraction of sp³-hybridized carbons (Fsp3) is 0.529. The zero-order chi connectivity index (χ0) is 14.7. The van der Waals surface area contributed by atoms with E-state index in [0.29, 0.717) is 6.04 Å². The summed E-state index contributed by atoms with van der Waals surface area (Å²) < 4.78 is 1.96. The fourth-order valence-corrected chi connectivity index (χ4v) is 3.33. The molecule has 21 heavy (non-hydrogen) atoms. The van der Waals surface area contributed by atoms with E-state index in [-0.39, 0.29) is 0 Å². The summed E-state index contributed by atoms with van der Waals surface area (Å²) in [5, 5.41) is 11.9. The van der Waals surface area contributed by atoms with Gasteiger partial charge in [-0.3, -0.25) is 0 Å². The van der Waals surface area contributed by atoms with Crippen molar-refractivity contribution in [3.05, 3.63) is 30.6 Å². The molecule has 4 nitrogen and oxygen atoms in total. The first-order chi connectivity index (χ1) is 10.3. The molecule has 0 amide bonds. The summed E-state index contributed by atoms with van der Waals surface area (Å²) in [6.07, 6.45) is 8.60. The zero-order valence-corrected chi connectivity index (χ0v) is 12.9. The zero-order valence-electron chi connectivity index (χ0n) is 12.9. The molecular weight excluding hydrogens is 260 g/mol. The Balaban J connectivity index is 1.81. The summed E-state index contributed by atoms with van der Waals surface area (Å²) in [7, 11) is 1.98. The number of nitrogens with zero attached hydrogens (tertiary/aromatic N) is 3. The second-order valence-electron chi connectivity index (χ2n) is 6.14. The van der Waals surface area contributed by atoms with Crippen molar-refractivity contribution in [1.29, 1.82) is 0 Å². The van der Waals surface area contributed by atoms with Crippen molar-refractivity contribution in [2.24, 2.45) is 13.0 Å². The number of aromatic nitrogens is 3. The van der Waals surface area contributed by atoms with Crippen LogP contribution in [0, 0.1) is 5.92 Å². The van der Waals surface area contributed by atoms with E-state index in [2.05, 4.69) is 46.7 Å². The average molecular weight is 284 g/mol. The van der Waals surface area contributed by atoms with E-state index in [1.807, 2.05) is 11.6 Å². The van der Waals surface area contributed by atoms with Gasteiger partial charge in [0.2, 0.25) is 0 Å². The van der Waals surface area contributed by atoms with Crippen molar-refractivity contribution in [2.45, 2.75) is 45.1 Å². The molecule has 1 aromatic heterocycles. The molecule has 0 radical (unpaired) electrons. The van der Waals surface area contributed by atoms with Crippen LogP contribution in [0.4, 0.5) is 5.69 Å². The largest absolute Gasteiger partial charge is 0.382 e. The highest BCUT2D eigenvalue weighted by molar-refractivity contribution is 5.73. The highest BCUT2D eigenvalue weighted by Crippen LogP contribution is 2.31. The number of hydrogen-bond acceptors (Lipinski definition) is 3. The van der Waals surface area contributed by atoms with Crippen LogP contribution >= 0.6 is 0 Å². The van der Waals surface area contributed by atoms with E-state index in [4.69, 9.17) is 0 Å². The van der Waals surface area contributed by atoms with Gasteiger partial charge in [-0.1, -0.05) is 31.4 Å². The number of aryl methyl sites for hydroxylation is 1. The van der Waals surface area contributed by atoms with Crippen LogP contribution in [0.15, 0.2) is 30.6 Å². The highest BCUT2D eigenvalue weighted by Gasteiger charge is 2.21. The Bertz CT molecular complexity index is 584. The van der Waals surface area contributed by atoms with Crippen molar-refractivity contribution in [2.75, 3.05) is 5.32 Å². The monoisotopic (exact) mass is 284 g/mol. The molecule has 1 saturated carbocycles. The van der Waals surface area contributed by atoms with Crippen LogP contribution in [-0.4, -0.2) is 20.8 Å². The van der Waals surface area contributed by atoms with Crippen molar-refractivity contribution < 1.29 is 0 Å². The van der Waals surface area contributed by atoms with Crippen LogP contribution in [0.5, 0.6) is 0 Å². The summed E-state index contributed by atoms with van der Waals surface area (Å²) in [5.41, 5.74) is 2.28. The van der Waals surface area contributed by atoms with Crippen molar-refractivity contribution in [1.82, 2.24) is 14.8 Å². The van der Waals surface area contributed by atoms with Gasteiger partial charge in [0.25, 0.3) is 0 Å². The molecule has 0 aliphatic heterocycles. The Hall–Kier alpha value is -1.84. The molecule has 1 atom stereocenters. The molecule has 0 saturated heterocycles. The van der Waals surface area contributed by atoms with E-state index in [1.54, 1.807) is 6.33 Å². The standard InChI is InChI=1S/C17H24N4/c1-13(14-8-4-3-5-9-14)19-16-11-7-6-10-15(16)17-20-18-12-21(17)2/h6-7,10-14,19H,3-5,8-9H2,1-2H3. The minimum atomic E-state index is 0.500. The van der Waals surface area contributed by atoms with Crippen LogP contribution in [0.25, 0.3) is 11.4 Å². The molecular formula is C17H24N4. The number of benzene rings is 1. The number of hydrogen-bond donors (Lipinski definition) is 1. The third-order valence-electron chi connectivity index (χ3n) is 4.62. The SMILES string of the molecule is CC(Nc1ccccc1-c1nncn1C)C1CCCCC1. The molecule has 1 aromatic carbocycles. The van der Waals surface area contributed by atoms with Crippen LogP contribution < -0.4 is 5.32 Å². The molecule has 1 aliphatic rings. The van der Waals surface area contributed by atoms with Gasteiger partial charge in [0.1, 0.15) is 6.33 Å². The summed E-state index contributed by atoms with van der Waals surface area (Å²) in [6.45, 7) is 2.31. The lowest BCUT2D eigenvalue weighted by Gasteiger charge is -2.29. The second kappa shape index (κ2) is 6.29. The number of nitrogens with one attached hydrogen (secondary N) is 1. The Kier molecular flexibility index (Phi) is 4.23. The van der Waals surface area contributed by atoms with Crippen molar-refractivity contribution >= 4 is 5.69 Å². The Labute approximate surface area is 126 Å². The van der Waals surface area contributed by atoms with Gasteiger partial charge in [0.15, 0.2) is 5.82 Å². The smallest absolute Gasteiger partial charge is 0.165 e. The maximum absolute atomic E-state index is 4.24. The van der Waals surface area contributed by atoms with Gasteiger partial charge in [-0.15, -0.1) is 10.2 Å². The Morgan fingerprint density at radius 3 is 2.67 bits per heavy atom. The maximum atomic E-state index is 4.24. The van der Waals surface area contributed by atoms with Gasteiger partial charge in [-0.05, 0) is 37.8 Å². The first-order valence-electron chi connectivity index (χ1n) is 7.95. The van der Waals surface area contributed by atoms with Crippen molar-refractivity contribution in [3.63, 3.8) is 0 Å². The molecule has 112 valence electrons. The topological polar surface area (TPSA) is 42.7 Å². The molecule has 1 N–H and O–H groups in total. The number of para-hydroxylation sites is 1. The lowest BCUT2D eigenvalue weighted by atomic mass is 9.84. The van der Waals surface area contributed by atoms with Gasteiger partial charge in [0, 0.05) is 24.3 Å².